The first-order valence-electron chi connectivity index (χ1n) is 8.75. The molecule has 0 unspecified atom stereocenters. The van der Waals surface area contributed by atoms with E-state index in [2.05, 4.69) is 13.8 Å². The van der Waals surface area contributed by atoms with Crippen LogP contribution in [0.25, 0.3) is 11.6 Å². The SMILES string of the molecule is C[C@@H]1C[C@H](C)CN(C(=O)/C(=C/c2ccccc2)c2ccccc2)C1. The largest absolute Gasteiger partial charge is 0.338 e. The molecule has 1 saturated heterocycles. The van der Waals surface area contributed by atoms with Crippen molar-refractivity contribution in [2.75, 3.05) is 13.1 Å². The molecule has 2 atom stereocenters. The summed E-state index contributed by atoms with van der Waals surface area (Å²) in [5.41, 5.74) is 2.82. The molecule has 24 heavy (non-hydrogen) atoms. The van der Waals surface area contributed by atoms with Crippen LogP contribution >= 0.6 is 0 Å². The van der Waals surface area contributed by atoms with Gasteiger partial charge >= 0.3 is 0 Å². The molecule has 0 saturated carbocycles. The standard InChI is InChI=1S/C22H25NO/c1-17-13-18(2)16-23(15-17)22(24)21(20-11-7-4-8-12-20)14-19-9-5-3-6-10-19/h3-12,14,17-18H,13,15-16H2,1-2H3/b21-14+/t17-,18+. The van der Waals surface area contributed by atoms with Gasteiger partial charge in [-0.15, -0.1) is 0 Å². The Morgan fingerprint density at radius 3 is 2.04 bits per heavy atom. The molecule has 2 nitrogen and oxygen atoms in total. The molecular formula is C22H25NO. The van der Waals surface area contributed by atoms with Gasteiger partial charge in [0.2, 0.25) is 0 Å². The molecule has 0 N–H and O–H groups in total. The van der Waals surface area contributed by atoms with Crippen molar-refractivity contribution in [1.82, 2.24) is 4.90 Å². The van der Waals surface area contributed by atoms with Gasteiger partial charge in [0.15, 0.2) is 0 Å². The van der Waals surface area contributed by atoms with Crippen molar-refractivity contribution >= 4 is 17.6 Å². The van der Waals surface area contributed by atoms with E-state index in [4.69, 9.17) is 0 Å². The van der Waals surface area contributed by atoms with E-state index >= 15 is 0 Å². The number of benzene rings is 2. The molecule has 1 fully saturated rings. The van der Waals surface area contributed by atoms with Crippen LogP contribution in [0.1, 0.15) is 31.4 Å². The minimum absolute atomic E-state index is 0.142. The molecule has 124 valence electrons. The summed E-state index contributed by atoms with van der Waals surface area (Å²) in [5.74, 6) is 1.27. The first-order valence-corrected chi connectivity index (χ1v) is 8.75. The fourth-order valence-electron chi connectivity index (χ4n) is 3.60. The molecule has 1 amide bonds. The lowest BCUT2D eigenvalue weighted by molar-refractivity contribution is -0.127. The molecular weight excluding hydrogens is 294 g/mol. The minimum atomic E-state index is 0.142. The Morgan fingerprint density at radius 2 is 1.46 bits per heavy atom. The van der Waals surface area contributed by atoms with Crippen LogP contribution in [0.5, 0.6) is 0 Å². The fourth-order valence-corrected chi connectivity index (χ4v) is 3.60. The van der Waals surface area contributed by atoms with E-state index in [1.165, 1.54) is 6.42 Å². The first kappa shape index (κ1) is 16.5. The topological polar surface area (TPSA) is 20.3 Å². The molecule has 0 aromatic heterocycles. The second-order valence-corrected chi connectivity index (χ2v) is 6.99. The highest BCUT2D eigenvalue weighted by atomic mass is 16.2. The maximum atomic E-state index is 13.3. The summed E-state index contributed by atoms with van der Waals surface area (Å²) in [4.78, 5) is 15.3. The van der Waals surface area contributed by atoms with E-state index in [0.29, 0.717) is 11.8 Å². The van der Waals surface area contributed by atoms with Crippen molar-refractivity contribution in [2.24, 2.45) is 11.8 Å². The lowest BCUT2D eigenvalue weighted by Crippen LogP contribution is -2.42. The predicted octanol–water partition coefficient (Wildman–Crippen LogP) is 4.73. The molecule has 3 rings (SSSR count). The number of likely N-dealkylation sites (tertiary alicyclic amines) is 1. The number of rotatable bonds is 3. The molecule has 1 aliphatic heterocycles. The third-order valence-corrected chi connectivity index (χ3v) is 4.58. The minimum Gasteiger partial charge on any atom is -0.338 e. The van der Waals surface area contributed by atoms with Crippen molar-refractivity contribution in [3.63, 3.8) is 0 Å². The van der Waals surface area contributed by atoms with Gasteiger partial charge in [-0.25, -0.2) is 0 Å². The van der Waals surface area contributed by atoms with Crippen LogP contribution in [0.2, 0.25) is 0 Å². The zero-order valence-electron chi connectivity index (χ0n) is 14.5. The Kier molecular flexibility index (Phi) is 5.14. The maximum Gasteiger partial charge on any atom is 0.254 e. The van der Waals surface area contributed by atoms with Crippen LogP contribution in [0.3, 0.4) is 0 Å². The number of hydrogen-bond donors (Lipinski definition) is 0. The lowest BCUT2D eigenvalue weighted by Gasteiger charge is -2.35. The van der Waals surface area contributed by atoms with Gasteiger partial charge < -0.3 is 4.90 Å². The number of carbonyl (C=O) groups excluding carboxylic acids is 1. The molecule has 1 heterocycles. The molecule has 0 aliphatic carbocycles. The van der Waals surface area contributed by atoms with Gasteiger partial charge in [0, 0.05) is 18.7 Å². The van der Waals surface area contributed by atoms with Gasteiger partial charge in [-0.05, 0) is 35.5 Å². The summed E-state index contributed by atoms with van der Waals surface area (Å²) in [6.07, 6.45) is 3.22. The number of nitrogens with zero attached hydrogens (tertiary/aromatic N) is 1. The van der Waals surface area contributed by atoms with Crippen LogP contribution in [-0.4, -0.2) is 23.9 Å². The average molecular weight is 319 g/mol. The molecule has 0 spiro atoms. The third-order valence-electron chi connectivity index (χ3n) is 4.58. The van der Waals surface area contributed by atoms with Crippen molar-refractivity contribution in [3.05, 3.63) is 71.8 Å². The third kappa shape index (κ3) is 3.94. The molecule has 1 aliphatic rings. The average Bonchev–Trinajstić information content (AvgIpc) is 2.60. The van der Waals surface area contributed by atoms with Crippen molar-refractivity contribution < 1.29 is 4.79 Å². The Balaban J connectivity index is 1.96. The quantitative estimate of drug-likeness (QED) is 0.591. The first-order chi connectivity index (χ1) is 11.6. The predicted molar refractivity (Wildman–Crippen MR) is 100 cm³/mol. The monoisotopic (exact) mass is 319 g/mol. The fraction of sp³-hybridized carbons (Fsp3) is 0.318. The van der Waals surface area contributed by atoms with E-state index in [9.17, 15) is 4.79 Å². The second kappa shape index (κ2) is 7.48. The van der Waals surface area contributed by atoms with Crippen LogP contribution in [0.4, 0.5) is 0 Å². The number of carbonyl (C=O) groups is 1. The maximum absolute atomic E-state index is 13.3. The molecule has 0 bridgehead atoms. The Hall–Kier alpha value is -2.35. The highest BCUT2D eigenvalue weighted by Gasteiger charge is 2.27. The number of piperidine rings is 1. The number of amides is 1. The summed E-state index contributed by atoms with van der Waals surface area (Å²) in [5, 5.41) is 0. The van der Waals surface area contributed by atoms with E-state index in [-0.39, 0.29) is 5.91 Å². The normalized spacial score (nSPS) is 21.6. The number of hydrogen-bond acceptors (Lipinski definition) is 1. The summed E-state index contributed by atoms with van der Waals surface area (Å²) < 4.78 is 0. The van der Waals surface area contributed by atoms with Crippen LogP contribution in [-0.2, 0) is 4.79 Å². The molecule has 0 radical (unpaired) electrons. The van der Waals surface area contributed by atoms with Gasteiger partial charge in [0.1, 0.15) is 0 Å². The lowest BCUT2D eigenvalue weighted by atomic mass is 9.90. The van der Waals surface area contributed by atoms with Crippen LogP contribution in [0.15, 0.2) is 60.7 Å². The highest BCUT2D eigenvalue weighted by molar-refractivity contribution is 6.24. The van der Waals surface area contributed by atoms with Gasteiger partial charge in [0.05, 0.1) is 0 Å². The van der Waals surface area contributed by atoms with Crippen molar-refractivity contribution in [1.29, 1.82) is 0 Å². The molecule has 2 aromatic carbocycles. The van der Waals surface area contributed by atoms with Gasteiger partial charge in [-0.1, -0.05) is 74.5 Å². The smallest absolute Gasteiger partial charge is 0.254 e. The second-order valence-electron chi connectivity index (χ2n) is 6.99. The van der Waals surface area contributed by atoms with Gasteiger partial charge in [-0.2, -0.15) is 0 Å². The summed E-state index contributed by atoms with van der Waals surface area (Å²) in [6.45, 7) is 6.17. The van der Waals surface area contributed by atoms with E-state index in [1.54, 1.807) is 0 Å². The Morgan fingerprint density at radius 1 is 0.917 bits per heavy atom. The Labute approximate surface area is 144 Å². The molecule has 2 aromatic rings. The van der Waals surface area contributed by atoms with Gasteiger partial charge in [-0.3, -0.25) is 4.79 Å². The van der Waals surface area contributed by atoms with Crippen molar-refractivity contribution in [2.45, 2.75) is 20.3 Å². The van der Waals surface area contributed by atoms with Gasteiger partial charge in [0.25, 0.3) is 5.91 Å². The summed E-state index contributed by atoms with van der Waals surface area (Å²) >= 11 is 0. The van der Waals surface area contributed by atoms with E-state index in [0.717, 1.165) is 29.8 Å². The van der Waals surface area contributed by atoms with E-state index < -0.39 is 0 Å². The summed E-state index contributed by atoms with van der Waals surface area (Å²) in [6, 6.07) is 20.1. The Bertz CT molecular complexity index is 695. The highest BCUT2D eigenvalue weighted by Crippen LogP contribution is 2.26. The van der Waals surface area contributed by atoms with Crippen LogP contribution in [0, 0.1) is 11.8 Å². The van der Waals surface area contributed by atoms with E-state index in [1.807, 2.05) is 71.6 Å². The van der Waals surface area contributed by atoms with Crippen LogP contribution < -0.4 is 0 Å². The molecule has 2 heteroatoms. The zero-order valence-corrected chi connectivity index (χ0v) is 14.5. The van der Waals surface area contributed by atoms with Crippen molar-refractivity contribution in [3.8, 4) is 0 Å². The summed E-state index contributed by atoms with van der Waals surface area (Å²) in [7, 11) is 0. The zero-order chi connectivity index (χ0) is 16.9.